The van der Waals surface area contributed by atoms with E-state index in [-0.39, 0.29) is 0 Å². The van der Waals surface area contributed by atoms with E-state index in [0.29, 0.717) is 39.0 Å². The van der Waals surface area contributed by atoms with Crippen LogP contribution in [-0.4, -0.2) is 36.5 Å². The number of rotatable bonds is 7. The third-order valence-corrected chi connectivity index (χ3v) is 5.80. The fourth-order valence-electron chi connectivity index (χ4n) is 2.48. The first-order chi connectivity index (χ1) is 13.1. The van der Waals surface area contributed by atoms with Gasteiger partial charge in [0.25, 0.3) is 0 Å². The summed E-state index contributed by atoms with van der Waals surface area (Å²) in [4.78, 5) is 4.54. The van der Waals surface area contributed by atoms with Crippen LogP contribution in [0.15, 0.2) is 40.0 Å². The summed E-state index contributed by atoms with van der Waals surface area (Å²) >= 11 is 11.2. The predicted molar refractivity (Wildman–Crippen MR) is 110 cm³/mol. The Kier molecular flexibility index (Phi) is 6.51. The van der Waals surface area contributed by atoms with Gasteiger partial charge in [0.1, 0.15) is 5.75 Å². The number of aromatic amines is 1. The highest BCUT2D eigenvalue weighted by Gasteiger charge is 2.15. The molecule has 3 aromatic rings. The van der Waals surface area contributed by atoms with Gasteiger partial charge < -0.3 is 14.2 Å². The van der Waals surface area contributed by atoms with Crippen molar-refractivity contribution in [3.8, 4) is 28.6 Å². The van der Waals surface area contributed by atoms with Gasteiger partial charge in [-0.25, -0.2) is 4.98 Å². The predicted octanol–water partition coefficient (Wildman–Crippen LogP) is 5.21. The average molecular weight is 471 g/mol. The Morgan fingerprint density at radius 1 is 1.07 bits per heavy atom. The largest absolute Gasteiger partial charge is 0.496 e. The summed E-state index contributed by atoms with van der Waals surface area (Å²) < 4.78 is 16.9. The first-order valence-corrected chi connectivity index (χ1v) is 10.0. The minimum absolute atomic E-state index is 0.600. The van der Waals surface area contributed by atoms with Gasteiger partial charge in [0, 0.05) is 10.8 Å². The third kappa shape index (κ3) is 4.34. The summed E-state index contributed by atoms with van der Waals surface area (Å²) in [6.07, 6.45) is 0. The first kappa shape index (κ1) is 19.9. The van der Waals surface area contributed by atoms with Crippen LogP contribution in [0.4, 0.5) is 0 Å². The Balaban J connectivity index is 1.79. The van der Waals surface area contributed by atoms with Gasteiger partial charge in [-0.15, -0.1) is 5.10 Å². The number of nitrogens with zero attached hydrogens (tertiary/aromatic N) is 2. The number of ether oxygens (including phenoxy) is 3. The summed E-state index contributed by atoms with van der Waals surface area (Å²) in [6, 6.07) is 9.21. The highest BCUT2D eigenvalue weighted by molar-refractivity contribution is 9.10. The average Bonchev–Trinajstić information content (AvgIpc) is 3.15. The van der Waals surface area contributed by atoms with Crippen LogP contribution in [0.3, 0.4) is 0 Å². The summed E-state index contributed by atoms with van der Waals surface area (Å²) in [5, 5.41) is 8.44. The van der Waals surface area contributed by atoms with Crippen LogP contribution in [0, 0.1) is 0 Å². The minimum atomic E-state index is 0.600. The topological polar surface area (TPSA) is 69.3 Å². The second-order valence-corrected chi connectivity index (χ2v) is 7.55. The van der Waals surface area contributed by atoms with Crippen molar-refractivity contribution in [1.82, 2.24) is 15.2 Å². The van der Waals surface area contributed by atoms with Gasteiger partial charge in [0.2, 0.25) is 5.16 Å². The Labute approximate surface area is 174 Å². The van der Waals surface area contributed by atoms with Crippen LogP contribution < -0.4 is 14.2 Å². The lowest BCUT2D eigenvalue weighted by Crippen LogP contribution is -1.94. The lowest BCUT2D eigenvalue weighted by Gasteiger charge is -2.12. The molecule has 0 amide bonds. The molecule has 0 saturated carbocycles. The van der Waals surface area contributed by atoms with Crippen LogP contribution in [0.1, 0.15) is 5.56 Å². The third-order valence-electron chi connectivity index (χ3n) is 3.80. The van der Waals surface area contributed by atoms with E-state index < -0.39 is 0 Å². The van der Waals surface area contributed by atoms with Crippen LogP contribution in [0.2, 0.25) is 5.02 Å². The fraction of sp³-hybridized carbons (Fsp3) is 0.222. The van der Waals surface area contributed by atoms with Crippen molar-refractivity contribution >= 4 is 39.3 Å². The monoisotopic (exact) mass is 469 g/mol. The molecule has 0 saturated heterocycles. The molecule has 0 radical (unpaired) electrons. The van der Waals surface area contributed by atoms with Crippen molar-refractivity contribution in [3.05, 3.63) is 45.4 Å². The molecule has 142 valence electrons. The number of aromatic nitrogens is 3. The molecule has 1 heterocycles. The molecule has 0 spiro atoms. The van der Waals surface area contributed by atoms with Crippen molar-refractivity contribution in [2.75, 3.05) is 21.3 Å². The zero-order valence-corrected chi connectivity index (χ0v) is 18.0. The van der Waals surface area contributed by atoms with E-state index in [1.165, 1.54) is 11.8 Å². The summed E-state index contributed by atoms with van der Waals surface area (Å²) in [5.74, 6) is 3.27. The Bertz CT molecular complexity index is 952. The van der Waals surface area contributed by atoms with E-state index in [9.17, 15) is 0 Å². The summed E-state index contributed by atoms with van der Waals surface area (Å²) in [6.45, 7) is 0. The van der Waals surface area contributed by atoms with Crippen LogP contribution >= 0.6 is 39.3 Å². The van der Waals surface area contributed by atoms with Gasteiger partial charge in [-0.05, 0) is 45.8 Å². The van der Waals surface area contributed by atoms with Crippen LogP contribution in [-0.2, 0) is 5.75 Å². The zero-order valence-electron chi connectivity index (χ0n) is 14.9. The molecule has 0 atom stereocenters. The molecular formula is C18H17BrClN3O3S. The molecule has 1 N–H and O–H groups in total. The number of hydrogen-bond donors (Lipinski definition) is 1. The van der Waals surface area contributed by atoms with E-state index >= 15 is 0 Å². The van der Waals surface area contributed by atoms with Gasteiger partial charge in [0.15, 0.2) is 17.3 Å². The number of methoxy groups -OCH3 is 3. The van der Waals surface area contributed by atoms with Gasteiger partial charge in [-0.2, -0.15) is 0 Å². The Morgan fingerprint density at radius 2 is 1.81 bits per heavy atom. The number of halogens is 2. The van der Waals surface area contributed by atoms with E-state index in [1.807, 2.05) is 12.1 Å². The second-order valence-electron chi connectivity index (χ2n) is 5.37. The molecule has 6 nitrogen and oxygen atoms in total. The molecule has 0 aliphatic heterocycles. The fourth-order valence-corrected chi connectivity index (χ4v) is 4.26. The van der Waals surface area contributed by atoms with Gasteiger partial charge in [-0.1, -0.05) is 29.4 Å². The zero-order chi connectivity index (χ0) is 19.4. The molecule has 3 rings (SSSR count). The van der Waals surface area contributed by atoms with E-state index in [0.717, 1.165) is 15.6 Å². The van der Waals surface area contributed by atoms with E-state index in [4.69, 9.17) is 25.8 Å². The van der Waals surface area contributed by atoms with Gasteiger partial charge >= 0.3 is 0 Å². The van der Waals surface area contributed by atoms with E-state index in [1.54, 1.807) is 39.5 Å². The minimum Gasteiger partial charge on any atom is -0.496 e. The molecule has 0 bridgehead atoms. The molecule has 0 unspecified atom stereocenters. The molecule has 0 aliphatic rings. The van der Waals surface area contributed by atoms with Crippen molar-refractivity contribution in [3.63, 3.8) is 0 Å². The Hall–Kier alpha value is -1.90. The smallest absolute Gasteiger partial charge is 0.209 e. The number of nitrogens with one attached hydrogen (secondary N) is 1. The lowest BCUT2D eigenvalue weighted by molar-refractivity contribution is 0.353. The number of hydrogen-bond acceptors (Lipinski definition) is 6. The van der Waals surface area contributed by atoms with Gasteiger partial charge in [-0.3, -0.25) is 5.10 Å². The summed E-state index contributed by atoms with van der Waals surface area (Å²) in [5.41, 5.74) is 1.81. The van der Waals surface area contributed by atoms with E-state index in [2.05, 4.69) is 31.1 Å². The molecule has 1 aromatic heterocycles. The number of thioether (sulfide) groups is 1. The second kappa shape index (κ2) is 8.86. The highest BCUT2D eigenvalue weighted by atomic mass is 79.9. The van der Waals surface area contributed by atoms with Crippen molar-refractivity contribution in [2.45, 2.75) is 10.9 Å². The van der Waals surface area contributed by atoms with Crippen LogP contribution in [0.5, 0.6) is 17.2 Å². The van der Waals surface area contributed by atoms with Gasteiger partial charge in [0.05, 0.1) is 31.4 Å². The lowest BCUT2D eigenvalue weighted by atomic mass is 10.2. The molecule has 0 aliphatic carbocycles. The van der Waals surface area contributed by atoms with Crippen molar-refractivity contribution in [1.29, 1.82) is 0 Å². The normalized spacial score (nSPS) is 10.7. The summed E-state index contributed by atoms with van der Waals surface area (Å²) in [7, 11) is 4.82. The maximum atomic E-state index is 6.09. The van der Waals surface area contributed by atoms with Crippen LogP contribution in [0.25, 0.3) is 11.4 Å². The Morgan fingerprint density at radius 3 is 2.52 bits per heavy atom. The quantitative estimate of drug-likeness (QED) is 0.478. The standard InChI is InChI=1S/C18H17BrClN3O3S/c1-24-13-7-5-11(20)8-12(13)17-21-18(23-22-17)27-9-10-4-6-14(25-2)16(26-3)15(10)19/h4-8H,9H2,1-3H3,(H,21,22,23). The number of benzene rings is 2. The molecule has 9 heteroatoms. The highest BCUT2D eigenvalue weighted by Crippen LogP contribution is 2.39. The maximum absolute atomic E-state index is 6.09. The van der Waals surface area contributed by atoms with Crippen molar-refractivity contribution in [2.24, 2.45) is 0 Å². The molecule has 27 heavy (non-hydrogen) atoms. The van der Waals surface area contributed by atoms with Crippen molar-refractivity contribution < 1.29 is 14.2 Å². The SMILES string of the molecule is COc1ccc(Cl)cc1-c1nc(SCc2ccc(OC)c(OC)c2Br)n[nH]1. The number of H-pyrrole nitrogens is 1. The maximum Gasteiger partial charge on any atom is 0.209 e. The molecular weight excluding hydrogens is 454 g/mol. The molecule has 0 fully saturated rings. The molecule has 2 aromatic carbocycles. The first-order valence-electron chi connectivity index (χ1n) is 7.85.